The monoisotopic (exact) mass is 440 g/mol. The largest absolute Gasteiger partial charge is 0.275 e. The van der Waals surface area contributed by atoms with E-state index in [9.17, 15) is 0 Å². The molecule has 0 spiro atoms. The predicted molar refractivity (Wildman–Crippen MR) is 140 cm³/mol. The van der Waals surface area contributed by atoms with Crippen LogP contribution in [0.5, 0.6) is 0 Å². The Balaban J connectivity index is 1.87. The fourth-order valence-corrected chi connectivity index (χ4v) is 5.76. The van der Waals surface area contributed by atoms with Gasteiger partial charge in [0.05, 0.1) is 6.17 Å². The second-order valence-electron chi connectivity index (χ2n) is 10.5. The molecule has 0 saturated carbocycles. The quantitative estimate of drug-likeness (QED) is 0.367. The minimum absolute atomic E-state index is 0.166. The fourth-order valence-electron chi connectivity index (χ4n) is 5.76. The fraction of sp³-hybridized carbons (Fsp3) is 0.419. The molecule has 1 unspecified atom stereocenters. The molecule has 2 nitrogen and oxygen atoms in total. The summed E-state index contributed by atoms with van der Waals surface area (Å²) in [7, 11) is 0. The van der Waals surface area contributed by atoms with Gasteiger partial charge in [0.25, 0.3) is 0 Å². The minimum atomic E-state index is 0.166. The zero-order valence-corrected chi connectivity index (χ0v) is 21.0. The Labute approximate surface area is 201 Å². The molecule has 0 aromatic heterocycles. The van der Waals surface area contributed by atoms with Crippen LogP contribution >= 0.6 is 0 Å². The van der Waals surface area contributed by atoms with Gasteiger partial charge in [-0.05, 0) is 34.9 Å². The Morgan fingerprint density at radius 1 is 0.697 bits per heavy atom. The van der Waals surface area contributed by atoms with E-state index in [1.807, 2.05) is 0 Å². The average molecular weight is 441 g/mol. The van der Waals surface area contributed by atoms with Crippen LogP contribution in [-0.4, -0.2) is 22.4 Å². The lowest BCUT2D eigenvalue weighted by Crippen LogP contribution is -2.44. The summed E-state index contributed by atoms with van der Waals surface area (Å²) in [4.78, 5) is 5.63. The van der Waals surface area contributed by atoms with Gasteiger partial charge in [-0.2, -0.15) is 0 Å². The smallest absolute Gasteiger partial charge is 0.0899 e. The minimum Gasteiger partial charge on any atom is -0.275 e. The molecule has 2 heteroatoms. The van der Waals surface area contributed by atoms with E-state index in [0.717, 1.165) is 19.4 Å². The van der Waals surface area contributed by atoms with E-state index in [-0.39, 0.29) is 11.6 Å². The van der Waals surface area contributed by atoms with Crippen molar-refractivity contribution in [1.82, 2.24) is 9.80 Å². The Morgan fingerprint density at radius 2 is 1.15 bits per heavy atom. The van der Waals surface area contributed by atoms with Crippen molar-refractivity contribution in [3.63, 3.8) is 0 Å². The normalized spacial score (nSPS) is 21.7. The molecule has 3 aromatic rings. The summed E-state index contributed by atoms with van der Waals surface area (Å²) in [6.45, 7) is 13.0. The van der Waals surface area contributed by atoms with Gasteiger partial charge in [-0.25, -0.2) is 0 Å². The Kier molecular flexibility index (Phi) is 7.36. The van der Waals surface area contributed by atoms with Crippen LogP contribution in [0.3, 0.4) is 0 Å². The second-order valence-corrected chi connectivity index (χ2v) is 10.5. The number of hydrogen-bond acceptors (Lipinski definition) is 2. The molecular weight excluding hydrogens is 400 g/mol. The maximum Gasteiger partial charge on any atom is 0.0899 e. The number of benzene rings is 3. The van der Waals surface area contributed by atoms with Crippen molar-refractivity contribution in [3.05, 3.63) is 108 Å². The van der Waals surface area contributed by atoms with Crippen LogP contribution in [0.15, 0.2) is 91.0 Å². The summed E-state index contributed by atoms with van der Waals surface area (Å²) in [5, 5.41) is 0. The first-order chi connectivity index (χ1) is 16.0. The van der Waals surface area contributed by atoms with Crippen molar-refractivity contribution in [3.8, 4) is 0 Å². The van der Waals surface area contributed by atoms with Gasteiger partial charge in [0.15, 0.2) is 0 Å². The molecule has 3 aromatic carbocycles. The first-order valence-corrected chi connectivity index (χ1v) is 12.6. The summed E-state index contributed by atoms with van der Waals surface area (Å²) >= 11 is 0. The van der Waals surface area contributed by atoms with Crippen LogP contribution in [0.4, 0.5) is 0 Å². The van der Waals surface area contributed by atoms with Gasteiger partial charge < -0.3 is 0 Å². The summed E-state index contributed by atoms with van der Waals surface area (Å²) in [5.41, 5.74) is 4.40. The van der Waals surface area contributed by atoms with Crippen molar-refractivity contribution < 1.29 is 0 Å². The van der Waals surface area contributed by atoms with Crippen molar-refractivity contribution in [2.24, 2.45) is 5.41 Å². The number of rotatable bonds is 7. The molecule has 1 aliphatic heterocycles. The third kappa shape index (κ3) is 4.93. The third-order valence-corrected chi connectivity index (χ3v) is 7.34. The van der Waals surface area contributed by atoms with Gasteiger partial charge in [-0.1, -0.05) is 126 Å². The van der Waals surface area contributed by atoms with Gasteiger partial charge in [-0.15, -0.1) is 0 Å². The summed E-state index contributed by atoms with van der Waals surface area (Å²) in [5.74, 6) is 0. The Morgan fingerprint density at radius 3 is 1.61 bits per heavy atom. The van der Waals surface area contributed by atoms with Gasteiger partial charge in [0, 0.05) is 24.7 Å². The van der Waals surface area contributed by atoms with Crippen LogP contribution in [-0.2, 0) is 0 Å². The molecule has 0 N–H and O–H groups in total. The van der Waals surface area contributed by atoms with Crippen LogP contribution in [0.1, 0.15) is 82.4 Å². The maximum atomic E-state index is 2.84. The number of nitrogens with zero attached hydrogens (tertiary/aromatic N) is 2. The van der Waals surface area contributed by atoms with E-state index in [1.54, 1.807) is 0 Å². The SMILES string of the molecule is CC[C@@H](c1ccccc1)N1C[C@@H](C(C)(C)C)N([C@@H](CC)c2ccccc2)C1c1ccccc1. The molecule has 1 fully saturated rings. The highest BCUT2D eigenvalue weighted by Gasteiger charge is 2.49. The van der Waals surface area contributed by atoms with E-state index in [0.29, 0.717) is 18.1 Å². The summed E-state index contributed by atoms with van der Waals surface area (Å²) in [6.07, 6.45) is 2.43. The van der Waals surface area contributed by atoms with E-state index in [2.05, 4.69) is 135 Å². The lowest BCUT2D eigenvalue weighted by atomic mass is 9.84. The molecule has 0 bridgehead atoms. The van der Waals surface area contributed by atoms with Crippen molar-refractivity contribution in [2.45, 2.75) is 71.8 Å². The molecule has 1 saturated heterocycles. The molecule has 0 aliphatic carbocycles. The van der Waals surface area contributed by atoms with Crippen molar-refractivity contribution >= 4 is 0 Å². The van der Waals surface area contributed by atoms with E-state index < -0.39 is 0 Å². The highest BCUT2D eigenvalue weighted by Crippen LogP contribution is 2.49. The lowest BCUT2D eigenvalue weighted by molar-refractivity contribution is 0.0276. The first kappa shape index (κ1) is 23.7. The molecule has 1 aliphatic rings. The third-order valence-electron chi connectivity index (χ3n) is 7.34. The molecule has 4 atom stereocenters. The van der Waals surface area contributed by atoms with Crippen LogP contribution in [0.25, 0.3) is 0 Å². The van der Waals surface area contributed by atoms with E-state index >= 15 is 0 Å². The number of hydrogen-bond donors (Lipinski definition) is 0. The van der Waals surface area contributed by atoms with Gasteiger partial charge in [0.1, 0.15) is 0 Å². The molecular formula is C31H40N2. The molecule has 0 amide bonds. The summed E-state index contributed by atoms with van der Waals surface area (Å²) in [6, 6.07) is 34.6. The second kappa shape index (κ2) is 10.2. The molecule has 33 heavy (non-hydrogen) atoms. The van der Waals surface area contributed by atoms with Gasteiger partial charge in [-0.3, -0.25) is 9.80 Å². The molecule has 4 rings (SSSR count). The highest BCUT2D eigenvalue weighted by atomic mass is 15.5. The highest BCUT2D eigenvalue weighted by molar-refractivity contribution is 5.27. The maximum absolute atomic E-state index is 2.84. The first-order valence-electron chi connectivity index (χ1n) is 12.6. The zero-order valence-electron chi connectivity index (χ0n) is 21.0. The average Bonchev–Trinajstić information content (AvgIpc) is 3.23. The van der Waals surface area contributed by atoms with Crippen molar-refractivity contribution in [1.29, 1.82) is 0 Å². The van der Waals surface area contributed by atoms with Crippen LogP contribution in [0.2, 0.25) is 0 Å². The Hall–Kier alpha value is -2.42. The van der Waals surface area contributed by atoms with E-state index in [1.165, 1.54) is 16.7 Å². The van der Waals surface area contributed by atoms with Gasteiger partial charge >= 0.3 is 0 Å². The topological polar surface area (TPSA) is 6.48 Å². The standard InChI is InChI=1S/C31H40N2/c1-6-27(24-17-11-8-12-18-24)32-23-29(31(3,4)5)33(30(32)26-21-15-10-16-22-26)28(7-2)25-19-13-9-14-20-25/h8-22,27-30H,6-7,23H2,1-5H3/t27-,28-,29-,30?/m0/s1. The molecule has 1 heterocycles. The molecule has 0 radical (unpaired) electrons. The van der Waals surface area contributed by atoms with Crippen molar-refractivity contribution in [2.75, 3.05) is 6.54 Å². The van der Waals surface area contributed by atoms with Crippen LogP contribution in [0, 0.1) is 5.41 Å². The Bertz CT molecular complexity index is 978. The van der Waals surface area contributed by atoms with Gasteiger partial charge in [0.2, 0.25) is 0 Å². The van der Waals surface area contributed by atoms with Crippen LogP contribution < -0.4 is 0 Å². The zero-order chi connectivity index (χ0) is 23.4. The lowest BCUT2D eigenvalue weighted by Gasteiger charge is -2.43. The molecule has 174 valence electrons. The predicted octanol–water partition coefficient (Wildman–Crippen LogP) is 8.02. The summed E-state index contributed by atoms with van der Waals surface area (Å²) < 4.78 is 0. The van der Waals surface area contributed by atoms with E-state index in [4.69, 9.17) is 0 Å².